The van der Waals surface area contributed by atoms with Gasteiger partial charge in [-0.25, -0.2) is 4.79 Å². The predicted molar refractivity (Wildman–Crippen MR) is 220 cm³/mol. The first kappa shape index (κ1) is 53.1. The standard InChI is InChI=1S/C43H70O24/c1-59-25-9-17(4-6-21(25)48)39-26(63-43-40(36(56)32(52)28(14-45)65-43)67-42-38(58)34(54)31(51)27(13-44)64-42)12-19-23(61-39)10-18(46)11-24(19)62-41-37(57)35(55)33(53)29(66-41)15-60-30(50)7-3-16-2-5-20(47)22(49)8-16/h3,7,16-29,31-49,51-58H,2,4-6,8-15H2,1H3/p+1. The van der Waals surface area contributed by atoms with E-state index in [1.54, 1.807) is 6.08 Å². The smallest absolute Gasteiger partial charge is 0.330 e. The van der Waals surface area contributed by atoms with Crippen LogP contribution in [0.3, 0.4) is 0 Å². The molecule has 0 bridgehead atoms. The van der Waals surface area contributed by atoms with Gasteiger partial charge in [0.25, 0.3) is 0 Å². The molecule has 3 saturated carbocycles. The lowest BCUT2D eigenvalue weighted by atomic mass is 9.72. The molecule has 0 spiro atoms. The highest BCUT2D eigenvalue weighted by molar-refractivity contribution is 5.81. The summed E-state index contributed by atoms with van der Waals surface area (Å²) < 4.78 is 52.5. The van der Waals surface area contributed by atoms with E-state index in [2.05, 4.69) is 0 Å². The minimum absolute atomic E-state index is 0.0156. The highest BCUT2D eigenvalue weighted by Gasteiger charge is 2.58. The van der Waals surface area contributed by atoms with Gasteiger partial charge in [0.05, 0.1) is 55.8 Å². The summed E-state index contributed by atoms with van der Waals surface area (Å²) in [5, 5.41) is 149. The summed E-state index contributed by atoms with van der Waals surface area (Å²) in [5.41, 5.74) is 0. The van der Waals surface area contributed by atoms with E-state index in [4.69, 9.17) is 42.6 Å². The molecule has 0 aromatic carbocycles. The normalized spacial score (nSPS) is 51.0. The summed E-state index contributed by atoms with van der Waals surface area (Å²) in [4.78, 5) is 12.7. The van der Waals surface area contributed by atoms with Crippen LogP contribution in [-0.4, -0.2) is 256 Å². The van der Waals surface area contributed by atoms with Crippen molar-refractivity contribution in [3.63, 3.8) is 0 Å². The van der Waals surface area contributed by atoms with Gasteiger partial charge in [-0.05, 0) is 50.9 Å². The van der Waals surface area contributed by atoms with Gasteiger partial charge < -0.3 is 114 Å². The van der Waals surface area contributed by atoms with Crippen molar-refractivity contribution >= 4 is 5.97 Å². The van der Waals surface area contributed by atoms with E-state index < -0.39 is 179 Å². The van der Waals surface area contributed by atoms with Crippen molar-refractivity contribution in [2.45, 2.75) is 205 Å². The van der Waals surface area contributed by atoms with Crippen molar-refractivity contribution in [1.29, 1.82) is 0 Å². The SMILES string of the molecule is COC1CC(C2[OH+]C3CC(O)CC(OC4OC(COC(=O)C=CC5CCC(O)C(O)C5)C(O)C(O)C4O)C3CC2OC2OC(CO)C(O)C(O)C2OC2OC(CO)C(O)C(O)C2O)CCC1O. The number of hydrogen-bond acceptors (Lipinski definition) is 23. The molecule has 4 saturated heterocycles. The molecule has 0 amide bonds. The van der Waals surface area contributed by atoms with Crippen LogP contribution < -0.4 is 0 Å². The van der Waals surface area contributed by atoms with Crippen molar-refractivity contribution in [2.24, 2.45) is 17.8 Å². The van der Waals surface area contributed by atoms with Gasteiger partial charge in [0.2, 0.25) is 0 Å². The minimum Gasteiger partial charge on any atom is -0.460 e. The molecule has 24 heteroatoms. The monoisotopic (exact) mass is 971 g/mol. The Balaban J connectivity index is 1.10. The molecule has 7 rings (SSSR count). The van der Waals surface area contributed by atoms with Gasteiger partial charge in [-0.3, -0.25) is 0 Å². The van der Waals surface area contributed by atoms with Gasteiger partial charge in [-0.15, -0.1) is 0 Å². The van der Waals surface area contributed by atoms with Crippen molar-refractivity contribution in [3.05, 3.63) is 12.2 Å². The number of carbonyl (C=O) groups is 1. The van der Waals surface area contributed by atoms with Gasteiger partial charge in [-0.1, -0.05) is 6.08 Å². The van der Waals surface area contributed by atoms with E-state index in [1.807, 2.05) is 0 Å². The second-order valence-electron chi connectivity index (χ2n) is 19.2. The highest BCUT2D eigenvalue weighted by atomic mass is 16.8. The summed E-state index contributed by atoms with van der Waals surface area (Å²) in [6.07, 6.45) is -27.5. The van der Waals surface area contributed by atoms with Crippen molar-refractivity contribution in [2.75, 3.05) is 26.9 Å². The fourth-order valence-electron chi connectivity index (χ4n) is 10.8. The number of hydrogen-bond donors (Lipinski definition) is 14. The first-order valence-corrected chi connectivity index (χ1v) is 23.3. The van der Waals surface area contributed by atoms with E-state index in [0.717, 1.165) is 6.08 Å². The molecule has 24 nitrogen and oxygen atoms in total. The third kappa shape index (κ3) is 12.0. The van der Waals surface area contributed by atoms with Crippen LogP contribution in [0.5, 0.6) is 0 Å². The number of carbonyl (C=O) groups excluding carboxylic acids is 1. The third-order valence-corrected chi connectivity index (χ3v) is 14.8. The molecule has 27 atom stereocenters. The minimum atomic E-state index is -1.91. The Bertz CT molecular complexity index is 1590. The lowest BCUT2D eigenvalue weighted by molar-refractivity contribution is -0.390. The zero-order chi connectivity index (χ0) is 48.4. The van der Waals surface area contributed by atoms with E-state index in [-0.39, 0.29) is 37.5 Å². The van der Waals surface area contributed by atoms with Crippen molar-refractivity contribution < 1.29 is 119 Å². The molecule has 27 unspecified atom stereocenters. The lowest BCUT2D eigenvalue weighted by Gasteiger charge is -2.51. The molecule has 67 heavy (non-hydrogen) atoms. The van der Waals surface area contributed by atoms with E-state index in [1.165, 1.54) is 7.11 Å². The number of methoxy groups -OCH3 is 1. The van der Waals surface area contributed by atoms with Crippen LogP contribution in [0.15, 0.2) is 12.2 Å². The van der Waals surface area contributed by atoms with E-state index in [0.29, 0.717) is 32.1 Å². The Kier molecular flexibility index (Phi) is 18.4. The van der Waals surface area contributed by atoms with Crippen LogP contribution in [-0.2, 0) is 42.7 Å². The van der Waals surface area contributed by atoms with Crippen LogP contribution in [0.2, 0.25) is 0 Å². The Labute approximate surface area is 386 Å². The van der Waals surface area contributed by atoms with Crippen LogP contribution in [0.25, 0.3) is 0 Å². The average molecular weight is 972 g/mol. The molecule has 3 aliphatic carbocycles. The number of fused-ring (bicyclic) bond motifs is 1. The average Bonchev–Trinajstić information content (AvgIpc) is 3.31. The number of allylic oxidation sites excluding steroid dienone is 1. The first-order valence-electron chi connectivity index (χ1n) is 23.3. The maximum absolute atomic E-state index is 12.7. The predicted octanol–water partition coefficient (Wildman–Crippen LogP) is -6.57. The molecule has 386 valence electrons. The molecule has 7 fully saturated rings. The molecule has 4 aliphatic heterocycles. The van der Waals surface area contributed by atoms with Crippen molar-refractivity contribution in [3.8, 4) is 0 Å². The number of esters is 1. The maximum atomic E-state index is 12.7. The summed E-state index contributed by atoms with van der Waals surface area (Å²) in [6, 6.07) is 0. The van der Waals surface area contributed by atoms with Gasteiger partial charge in [0.1, 0.15) is 86.0 Å². The van der Waals surface area contributed by atoms with Gasteiger partial charge in [0.15, 0.2) is 31.1 Å². The van der Waals surface area contributed by atoms with Crippen LogP contribution in [0.4, 0.5) is 0 Å². The van der Waals surface area contributed by atoms with Gasteiger partial charge in [-0.2, -0.15) is 0 Å². The molecule has 0 radical (unpaired) electrons. The zero-order valence-electron chi connectivity index (χ0n) is 37.1. The van der Waals surface area contributed by atoms with E-state index >= 15 is 0 Å². The first-order chi connectivity index (χ1) is 31.9. The molecule has 0 aromatic heterocycles. The fraction of sp³-hybridized carbons (Fsp3) is 0.930. The summed E-state index contributed by atoms with van der Waals surface area (Å²) in [5.74, 6) is -1.90. The zero-order valence-corrected chi connectivity index (χ0v) is 37.1. The lowest BCUT2D eigenvalue weighted by Crippen LogP contribution is -2.66. The molecular formula is C43H71O24+. The number of rotatable bonds is 14. The number of ether oxygens (including phenoxy) is 9. The molecule has 0 aromatic rings. The Morgan fingerprint density at radius 2 is 1.18 bits per heavy atom. The Morgan fingerprint density at radius 3 is 1.84 bits per heavy atom. The number of aliphatic hydroxyl groups excluding tert-OH is 14. The summed E-state index contributed by atoms with van der Waals surface area (Å²) in [6.45, 7) is -2.13. The van der Waals surface area contributed by atoms with Crippen LogP contribution >= 0.6 is 0 Å². The van der Waals surface area contributed by atoms with Gasteiger partial charge in [0, 0.05) is 31.9 Å². The summed E-state index contributed by atoms with van der Waals surface area (Å²) >= 11 is 0. The van der Waals surface area contributed by atoms with Crippen LogP contribution in [0.1, 0.15) is 57.8 Å². The third-order valence-electron chi connectivity index (χ3n) is 14.8. The maximum Gasteiger partial charge on any atom is 0.330 e. The van der Waals surface area contributed by atoms with Crippen LogP contribution in [0, 0.1) is 17.8 Å². The van der Waals surface area contributed by atoms with Gasteiger partial charge >= 0.3 is 5.97 Å². The number of aliphatic hydroxyl groups is 16. The molecule has 15 N–H and O–H groups in total. The fourth-order valence-corrected chi connectivity index (χ4v) is 10.8. The Morgan fingerprint density at radius 1 is 0.582 bits per heavy atom. The molecular weight excluding hydrogens is 900 g/mol. The quantitative estimate of drug-likeness (QED) is 0.0437. The highest BCUT2D eigenvalue weighted by Crippen LogP contribution is 2.44. The van der Waals surface area contributed by atoms with Crippen molar-refractivity contribution in [1.82, 2.24) is 0 Å². The topological polar surface area (TPSA) is 387 Å². The summed E-state index contributed by atoms with van der Waals surface area (Å²) in [7, 11) is 1.47. The Hall–Kier alpha value is -1.67. The molecule has 7 aliphatic rings. The largest absolute Gasteiger partial charge is 0.460 e. The second kappa shape index (κ2) is 23.3. The second-order valence-corrected chi connectivity index (χ2v) is 19.2. The van der Waals surface area contributed by atoms with E-state index in [9.17, 15) is 76.3 Å². The molecule has 4 heterocycles.